The van der Waals surface area contributed by atoms with E-state index in [-0.39, 0.29) is 11.9 Å². The van der Waals surface area contributed by atoms with Gasteiger partial charge in [0.05, 0.1) is 18.2 Å². The van der Waals surface area contributed by atoms with Gasteiger partial charge in [-0.15, -0.1) is 0 Å². The van der Waals surface area contributed by atoms with Gasteiger partial charge in [0.1, 0.15) is 6.04 Å². The van der Waals surface area contributed by atoms with Crippen LogP contribution in [-0.4, -0.2) is 32.1 Å². The zero-order valence-corrected chi connectivity index (χ0v) is 22.6. The Morgan fingerprint density at radius 1 is 0.805 bits per heavy atom. The number of halogens is 3. The molecule has 41 heavy (non-hydrogen) atoms. The lowest BCUT2D eigenvalue weighted by Gasteiger charge is -2.17. The predicted molar refractivity (Wildman–Crippen MR) is 154 cm³/mol. The van der Waals surface area contributed by atoms with Crippen LogP contribution in [0.1, 0.15) is 33.1 Å². The Bertz CT molecular complexity index is 1470. The van der Waals surface area contributed by atoms with Crippen molar-refractivity contribution in [2.24, 2.45) is 0 Å². The predicted octanol–water partition coefficient (Wildman–Crippen LogP) is 6.85. The minimum Gasteiger partial charge on any atom is -0.468 e. The van der Waals surface area contributed by atoms with E-state index in [0.29, 0.717) is 41.0 Å². The maximum absolute atomic E-state index is 13.3. The van der Waals surface area contributed by atoms with Gasteiger partial charge in [0.25, 0.3) is 5.91 Å². The summed E-state index contributed by atoms with van der Waals surface area (Å²) in [6.07, 6.45) is -4.43. The van der Waals surface area contributed by atoms with Gasteiger partial charge in [-0.05, 0) is 65.6 Å². The van der Waals surface area contributed by atoms with Crippen molar-refractivity contribution in [1.29, 1.82) is 0 Å². The van der Waals surface area contributed by atoms with E-state index >= 15 is 0 Å². The van der Waals surface area contributed by atoms with Gasteiger partial charge in [-0.3, -0.25) is 10.1 Å². The Kier molecular flexibility index (Phi) is 9.41. The summed E-state index contributed by atoms with van der Waals surface area (Å²) in [4.78, 5) is 25.5. The fourth-order valence-corrected chi connectivity index (χ4v) is 4.44. The number of carbonyl (C=O) groups is 2. The van der Waals surface area contributed by atoms with Crippen LogP contribution in [0.5, 0.6) is 0 Å². The number of anilines is 2. The first kappa shape index (κ1) is 29.4. The van der Waals surface area contributed by atoms with Crippen LogP contribution in [0.25, 0.3) is 11.1 Å². The maximum Gasteiger partial charge on any atom is 0.416 e. The normalized spacial score (nSPS) is 11.9. The summed E-state index contributed by atoms with van der Waals surface area (Å²) in [7, 11) is 1.35. The smallest absolute Gasteiger partial charge is 0.416 e. The van der Waals surface area contributed by atoms with Gasteiger partial charge in [-0.1, -0.05) is 60.7 Å². The molecule has 0 aliphatic carbocycles. The lowest BCUT2D eigenvalue weighted by molar-refractivity contribution is -0.143. The molecule has 0 saturated carbocycles. The minimum atomic E-state index is -4.43. The fourth-order valence-electron chi connectivity index (χ4n) is 4.44. The van der Waals surface area contributed by atoms with Crippen molar-refractivity contribution >= 4 is 23.3 Å². The molecule has 0 radical (unpaired) electrons. The van der Waals surface area contributed by atoms with Gasteiger partial charge in [0.2, 0.25) is 0 Å². The zero-order chi connectivity index (χ0) is 29.4. The van der Waals surface area contributed by atoms with Crippen molar-refractivity contribution < 1.29 is 27.5 Å². The quantitative estimate of drug-likeness (QED) is 0.146. The highest BCUT2D eigenvalue weighted by molar-refractivity contribution is 6.09. The number of esters is 1. The van der Waals surface area contributed by atoms with Crippen LogP contribution in [0.4, 0.5) is 24.5 Å². The molecular weight excluding hydrogens is 531 g/mol. The molecule has 0 saturated heterocycles. The van der Waals surface area contributed by atoms with Crippen molar-refractivity contribution in [3.8, 4) is 11.1 Å². The SMILES string of the molecule is COC(=O)C(NCCNc1ccc(NC(=O)c2c(C)cccc2-c2ccc(C(F)(F)F)cc2)cc1)c1ccccc1. The average Bonchev–Trinajstić information content (AvgIpc) is 2.97. The minimum absolute atomic E-state index is 0.363. The summed E-state index contributed by atoms with van der Waals surface area (Å²) >= 11 is 0. The van der Waals surface area contributed by atoms with Gasteiger partial charge < -0.3 is 15.4 Å². The van der Waals surface area contributed by atoms with Crippen molar-refractivity contribution in [2.75, 3.05) is 30.8 Å². The molecule has 4 aromatic carbocycles. The summed E-state index contributed by atoms with van der Waals surface area (Å²) in [5.74, 6) is -0.732. The van der Waals surface area contributed by atoms with E-state index in [0.717, 1.165) is 23.4 Å². The number of hydrogen-bond acceptors (Lipinski definition) is 5. The first-order valence-corrected chi connectivity index (χ1v) is 13.0. The van der Waals surface area contributed by atoms with Gasteiger partial charge in [-0.25, -0.2) is 4.79 Å². The van der Waals surface area contributed by atoms with Crippen molar-refractivity contribution in [2.45, 2.75) is 19.1 Å². The van der Waals surface area contributed by atoms with E-state index < -0.39 is 17.8 Å². The number of rotatable bonds is 10. The topological polar surface area (TPSA) is 79.5 Å². The molecule has 0 aliphatic rings. The third kappa shape index (κ3) is 7.52. The second-order valence-electron chi connectivity index (χ2n) is 9.35. The van der Waals surface area contributed by atoms with Gasteiger partial charge in [0, 0.05) is 24.5 Å². The Labute approximate surface area is 236 Å². The van der Waals surface area contributed by atoms with Gasteiger partial charge in [-0.2, -0.15) is 13.2 Å². The van der Waals surface area contributed by atoms with E-state index in [1.165, 1.54) is 19.2 Å². The molecule has 4 rings (SSSR count). The Morgan fingerprint density at radius 2 is 1.46 bits per heavy atom. The molecule has 0 fully saturated rings. The number of nitrogens with one attached hydrogen (secondary N) is 3. The van der Waals surface area contributed by atoms with Crippen LogP contribution < -0.4 is 16.0 Å². The largest absolute Gasteiger partial charge is 0.468 e. The van der Waals surface area contributed by atoms with E-state index in [9.17, 15) is 22.8 Å². The molecule has 1 amide bonds. The monoisotopic (exact) mass is 561 g/mol. The van der Waals surface area contributed by atoms with Crippen LogP contribution in [0.15, 0.2) is 97.1 Å². The van der Waals surface area contributed by atoms with Crippen LogP contribution in [-0.2, 0) is 15.7 Å². The molecule has 6 nitrogen and oxygen atoms in total. The highest BCUT2D eigenvalue weighted by atomic mass is 19.4. The lowest BCUT2D eigenvalue weighted by Crippen LogP contribution is -2.33. The summed E-state index contributed by atoms with van der Waals surface area (Å²) in [5.41, 5.74) is 3.60. The number of methoxy groups -OCH3 is 1. The van der Waals surface area contributed by atoms with Crippen molar-refractivity contribution in [1.82, 2.24) is 5.32 Å². The number of carbonyl (C=O) groups excluding carboxylic acids is 2. The number of hydrogen-bond donors (Lipinski definition) is 3. The van der Waals surface area contributed by atoms with Crippen molar-refractivity contribution in [3.05, 3.63) is 119 Å². The first-order chi connectivity index (χ1) is 19.7. The summed E-state index contributed by atoms with van der Waals surface area (Å²) in [5, 5.41) is 9.35. The van der Waals surface area contributed by atoms with Gasteiger partial charge in [0.15, 0.2) is 0 Å². The Balaban J connectivity index is 1.37. The molecule has 0 aliphatic heterocycles. The van der Waals surface area contributed by atoms with E-state index in [1.807, 2.05) is 42.5 Å². The van der Waals surface area contributed by atoms with E-state index in [2.05, 4.69) is 16.0 Å². The molecule has 0 heterocycles. The summed E-state index contributed by atoms with van der Waals surface area (Å²) in [6.45, 7) is 2.81. The third-order valence-electron chi connectivity index (χ3n) is 6.54. The number of amides is 1. The van der Waals surface area contributed by atoms with Crippen LogP contribution in [0.2, 0.25) is 0 Å². The molecule has 0 aromatic heterocycles. The molecular formula is C32H30F3N3O3. The molecule has 212 valence electrons. The molecule has 1 atom stereocenters. The number of alkyl halides is 3. The second kappa shape index (κ2) is 13.1. The second-order valence-corrected chi connectivity index (χ2v) is 9.35. The van der Waals surface area contributed by atoms with Gasteiger partial charge >= 0.3 is 12.1 Å². The fraction of sp³-hybridized carbons (Fsp3) is 0.188. The highest BCUT2D eigenvalue weighted by Crippen LogP contribution is 2.33. The van der Waals surface area contributed by atoms with Crippen LogP contribution >= 0.6 is 0 Å². The number of aryl methyl sites for hydroxylation is 1. The van der Waals surface area contributed by atoms with E-state index in [1.54, 1.807) is 37.3 Å². The zero-order valence-electron chi connectivity index (χ0n) is 22.6. The van der Waals surface area contributed by atoms with Crippen LogP contribution in [0, 0.1) is 6.92 Å². The average molecular weight is 562 g/mol. The molecule has 3 N–H and O–H groups in total. The summed E-state index contributed by atoms with van der Waals surface area (Å²) in [6, 6.07) is 25.9. The van der Waals surface area contributed by atoms with Crippen molar-refractivity contribution in [3.63, 3.8) is 0 Å². The molecule has 0 bridgehead atoms. The Morgan fingerprint density at radius 3 is 2.10 bits per heavy atom. The standard InChI is InChI=1S/C32H30F3N3O3/c1-21-7-6-10-27(22-11-13-24(14-12-22)32(33,34)35)28(21)30(39)38-26-17-15-25(16-18-26)36-19-20-37-29(31(40)41-2)23-8-4-3-5-9-23/h3-18,29,36-37H,19-20H2,1-2H3,(H,38,39). The molecule has 0 spiro atoms. The first-order valence-electron chi connectivity index (χ1n) is 13.0. The summed E-state index contributed by atoms with van der Waals surface area (Å²) < 4.78 is 43.9. The molecule has 9 heteroatoms. The van der Waals surface area contributed by atoms with E-state index in [4.69, 9.17) is 4.74 Å². The maximum atomic E-state index is 13.3. The number of ether oxygens (including phenoxy) is 1. The highest BCUT2D eigenvalue weighted by Gasteiger charge is 2.30. The Hall–Kier alpha value is -4.63. The number of benzene rings is 4. The molecule has 1 unspecified atom stereocenters. The van der Waals surface area contributed by atoms with Crippen LogP contribution in [0.3, 0.4) is 0 Å². The molecule has 4 aromatic rings. The lowest BCUT2D eigenvalue weighted by atomic mass is 9.94. The third-order valence-corrected chi connectivity index (χ3v) is 6.54.